The summed E-state index contributed by atoms with van der Waals surface area (Å²) < 4.78 is 44.0. The Labute approximate surface area is 149 Å². The SMILES string of the molecule is CCCS(=O)(=O)c1ccc(F)c(-c2cc(Cl)ccc2OCC(=O)O)c1. The molecule has 0 fully saturated rings. The monoisotopic (exact) mass is 386 g/mol. The summed E-state index contributed by atoms with van der Waals surface area (Å²) in [6, 6.07) is 7.74. The van der Waals surface area contributed by atoms with Crippen molar-refractivity contribution in [1.82, 2.24) is 0 Å². The summed E-state index contributed by atoms with van der Waals surface area (Å²) in [5, 5.41) is 9.03. The highest BCUT2D eigenvalue weighted by Crippen LogP contribution is 2.35. The molecular weight excluding hydrogens is 371 g/mol. The molecule has 0 aliphatic heterocycles. The fraction of sp³-hybridized carbons (Fsp3) is 0.235. The van der Waals surface area contributed by atoms with Crippen molar-refractivity contribution in [3.05, 3.63) is 47.2 Å². The fourth-order valence-electron chi connectivity index (χ4n) is 2.27. The maximum absolute atomic E-state index is 14.3. The van der Waals surface area contributed by atoms with Gasteiger partial charge in [-0.25, -0.2) is 17.6 Å². The third kappa shape index (κ3) is 4.70. The standard InChI is InChI=1S/C17H16ClFO5S/c1-2-7-25(22,23)12-4-5-15(19)13(9-12)14-8-11(18)3-6-16(14)24-10-17(20)21/h3-6,8-9H,2,7,10H2,1H3,(H,20,21). The first-order valence-corrected chi connectivity index (χ1v) is 9.44. The van der Waals surface area contributed by atoms with E-state index in [1.807, 2.05) is 0 Å². The number of benzene rings is 2. The van der Waals surface area contributed by atoms with Crippen LogP contribution in [0.5, 0.6) is 5.75 Å². The molecule has 0 amide bonds. The van der Waals surface area contributed by atoms with E-state index in [1.54, 1.807) is 6.92 Å². The number of ether oxygens (including phenoxy) is 1. The lowest BCUT2D eigenvalue weighted by molar-refractivity contribution is -0.139. The smallest absolute Gasteiger partial charge is 0.341 e. The van der Waals surface area contributed by atoms with Crippen molar-refractivity contribution in [2.45, 2.75) is 18.2 Å². The van der Waals surface area contributed by atoms with Gasteiger partial charge in [0, 0.05) is 16.1 Å². The Balaban J connectivity index is 2.57. The second kappa shape index (κ2) is 7.84. The number of rotatable bonds is 7. The molecule has 134 valence electrons. The Morgan fingerprint density at radius 3 is 2.56 bits per heavy atom. The highest BCUT2D eigenvalue weighted by Gasteiger charge is 2.19. The van der Waals surface area contributed by atoms with Crippen LogP contribution in [0.15, 0.2) is 41.3 Å². The number of aliphatic carboxylic acids is 1. The Kier molecular flexibility index (Phi) is 6.02. The average molecular weight is 387 g/mol. The minimum Gasteiger partial charge on any atom is -0.481 e. The normalized spacial score (nSPS) is 11.3. The number of hydrogen-bond acceptors (Lipinski definition) is 4. The van der Waals surface area contributed by atoms with Crippen LogP contribution in [-0.2, 0) is 14.6 Å². The molecule has 5 nitrogen and oxygen atoms in total. The molecule has 0 radical (unpaired) electrons. The van der Waals surface area contributed by atoms with Crippen molar-refractivity contribution in [2.75, 3.05) is 12.4 Å². The van der Waals surface area contributed by atoms with E-state index in [1.165, 1.54) is 30.3 Å². The van der Waals surface area contributed by atoms with Gasteiger partial charge in [-0.3, -0.25) is 0 Å². The quantitative estimate of drug-likeness (QED) is 0.732. The van der Waals surface area contributed by atoms with Crippen molar-refractivity contribution in [3.8, 4) is 16.9 Å². The summed E-state index contributed by atoms with van der Waals surface area (Å²) in [4.78, 5) is 10.7. The van der Waals surface area contributed by atoms with Crippen molar-refractivity contribution in [3.63, 3.8) is 0 Å². The molecule has 0 saturated carbocycles. The minimum absolute atomic E-state index is 0.0186. The molecule has 2 aromatic carbocycles. The number of halogens is 2. The van der Waals surface area contributed by atoms with Crippen LogP contribution in [-0.4, -0.2) is 31.9 Å². The summed E-state index contributed by atoms with van der Waals surface area (Å²) in [6.07, 6.45) is 0.430. The van der Waals surface area contributed by atoms with E-state index in [9.17, 15) is 17.6 Å². The molecule has 0 aromatic heterocycles. The maximum Gasteiger partial charge on any atom is 0.341 e. The van der Waals surface area contributed by atoms with E-state index in [0.29, 0.717) is 6.42 Å². The van der Waals surface area contributed by atoms with Crippen LogP contribution >= 0.6 is 11.6 Å². The fourth-order valence-corrected chi connectivity index (χ4v) is 3.79. The molecule has 0 atom stereocenters. The van der Waals surface area contributed by atoms with Crippen LogP contribution in [0.25, 0.3) is 11.1 Å². The van der Waals surface area contributed by atoms with E-state index in [0.717, 1.165) is 6.07 Å². The molecule has 0 aliphatic carbocycles. The van der Waals surface area contributed by atoms with Gasteiger partial charge in [-0.05, 0) is 42.8 Å². The number of sulfone groups is 1. The molecule has 0 saturated heterocycles. The molecule has 8 heteroatoms. The van der Waals surface area contributed by atoms with Gasteiger partial charge in [0.1, 0.15) is 11.6 Å². The van der Waals surface area contributed by atoms with Crippen LogP contribution < -0.4 is 4.74 Å². The van der Waals surface area contributed by atoms with Gasteiger partial charge < -0.3 is 9.84 Å². The van der Waals surface area contributed by atoms with Crippen LogP contribution in [0.2, 0.25) is 5.02 Å². The average Bonchev–Trinajstić information content (AvgIpc) is 2.53. The van der Waals surface area contributed by atoms with Crippen molar-refractivity contribution in [1.29, 1.82) is 0 Å². The molecule has 0 bridgehead atoms. The summed E-state index contributed by atoms with van der Waals surface area (Å²) in [6.45, 7) is 1.11. The molecule has 0 unspecified atom stereocenters. The maximum atomic E-state index is 14.3. The Bertz CT molecular complexity index is 896. The van der Waals surface area contributed by atoms with Crippen molar-refractivity contribution in [2.24, 2.45) is 0 Å². The van der Waals surface area contributed by atoms with E-state index < -0.39 is 28.2 Å². The number of carbonyl (C=O) groups is 1. The highest BCUT2D eigenvalue weighted by molar-refractivity contribution is 7.91. The van der Waals surface area contributed by atoms with Gasteiger partial charge in [0.05, 0.1) is 10.6 Å². The lowest BCUT2D eigenvalue weighted by Crippen LogP contribution is -2.10. The molecule has 0 spiro atoms. The largest absolute Gasteiger partial charge is 0.481 e. The third-order valence-corrected chi connectivity index (χ3v) is 5.51. The van der Waals surface area contributed by atoms with Gasteiger partial charge in [-0.1, -0.05) is 18.5 Å². The zero-order valence-corrected chi connectivity index (χ0v) is 14.9. The van der Waals surface area contributed by atoms with E-state index in [4.69, 9.17) is 21.4 Å². The van der Waals surface area contributed by atoms with Crippen LogP contribution in [0.3, 0.4) is 0 Å². The van der Waals surface area contributed by atoms with Gasteiger partial charge in [-0.2, -0.15) is 0 Å². The first-order chi connectivity index (χ1) is 11.7. The molecule has 25 heavy (non-hydrogen) atoms. The second-order valence-electron chi connectivity index (χ2n) is 5.28. The lowest BCUT2D eigenvalue weighted by atomic mass is 10.0. The van der Waals surface area contributed by atoms with Gasteiger partial charge in [-0.15, -0.1) is 0 Å². The van der Waals surface area contributed by atoms with Gasteiger partial charge in [0.25, 0.3) is 0 Å². The Morgan fingerprint density at radius 2 is 1.92 bits per heavy atom. The minimum atomic E-state index is -3.54. The predicted octanol–water partition coefficient (Wildman–Crippen LogP) is 3.79. The van der Waals surface area contributed by atoms with Gasteiger partial charge in [0.2, 0.25) is 0 Å². The molecule has 1 N–H and O–H groups in total. The zero-order chi connectivity index (χ0) is 18.6. The highest BCUT2D eigenvalue weighted by atomic mass is 35.5. The zero-order valence-electron chi connectivity index (χ0n) is 13.3. The van der Waals surface area contributed by atoms with Gasteiger partial charge in [0.15, 0.2) is 16.4 Å². The summed E-state index contributed by atoms with van der Waals surface area (Å²) in [7, 11) is -3.54. The first kappa shape index (κ1) is 19.2. The van der Waals surface area contributed by atoms with E-state index in [-0.39, 0.29) is 32.5 Å². The first-order valence-electron chi connectivity index (χ1n) is 7.41. The number of carboxylic acids is 1. The van der Waals surface area contributed by atoms with Crippen LogP contribution in [0.1, 0.15) is 13.3 Å². The second-order valence-corrected chi connectivity index (χ2v) is 7.83. The van der Waals surface area contributed by atoms with E-state index in [2.05, 4.69) is 0 Å². The number of carboxylic acid groups (broad SMARTS) is 1. The summed E-state index contributed by atoms with van der Waals surface area (Å²) in [5.74, 6) is -1.83. The Morgan fingerprint density at radius 1 is 1.20 bits per heavy atom. The molecule has 0 heterocycles. The number of hydrogen-bond donors (Lipinski definition) is 1. The van der Waals surface area contributed by atoms with Gasteiger partial charge >= 0.3 is 5.97 Å². The molecule has 2 rings (SSSR count). The third-order valence-electron chi connectivity index (χ3n) is 3.35. The lowest BCUT2D eigenvalue weighted by Gasteiger charge is -2.13. The predicted molar refractivity (Wildman–Crippen MR) is 92.3 cm³/mol. The molecular formula is C17H16ClFO5S. The van der Waals surface area contributed by atoms with Crippen molar-refractivity contribution < 1.29 is 27.4 Å². The van der Waals surface area contributed by atoms with Crippen LogP contribution in [0.4, 0.5) is 4.39 Å². The van der Waals surface area contributed by atoms with Crippen LogP contribution in [0, 0.1) is 5.82 Å². The Hall–Kier alpha value is -2.12. The summed E-state index contributed by atoms with van der Waals surface area (Å²) in [5.41, 5.74) is 0.153. The van der Waals surface area contributed by atoms with Crippen molar-refractivity contribution >= 4 is 27.4 Å². The topological polar surface area (TPSA) is 80.7 Å². The van der Waals surface area contributed by atoms with E-state index >= 15 is 0 Å². The summed E-state index contributed by atoms with van der Waals surface area (Å²) >= 11 is 5.95. The molecule has 0 aliphatic rings. The molecule has 2 aromatic rings.